The van der Waals surface area contributed by atoms with Crippen LogP contribution in [0.3, 0.4) is 0 Å². The largest absolute Gasteiger partial charge is 0.508 e. The first-order valence-corrected chi connectivity index (χ1v) is 6.67. The van der Waals surface area contributed by atoms with E-state index in [4.69, 9.17) is 0 Å². The van der Waals surface area contributed by atoms with Gasteiger partial charge in [0.05, 0.1) is 17.1 Å². The molecule has 0 aliphatic heterocycles. The van der Waals surface area contributed by atoms with Gasteiger partial charge in [0, 0.05) is 11.8 Å². The van der Waals surface area contributed by atoms with E-state index in [1.165, 1.54) is 0 Å². The van der Waals surface area contributed by atoms with Gasteiger partial charge in [-0.1, -0.05) is 36.4 Å². The van der Waals surface area contributed by atoms with E-state index in [9.17, 15) is 5.11 Å². The Labute approximate surface area is 123 Å². The lowest BCUT2D eigenvalue weighted by molar-refractivity contribution is 0.475. The van der Waals surface area contributed by atoms with Crippen LogP contribution in [0.15, 0.2) is 84.0 Å². The van der Waals surface area contributed by atoms with Crippen molar-refractivity contribution in [2.75, 3.05) is 0 Å². The smallest absolute Gasteiger partial charge is 0.115 e. The standard InChI is InChI=1S/C18H14N2O/c21-16-11-9-15(10-12-16)20-18(14-6-2-1-3-7-14)17-8-4-5-13-19-17/h1-13,21H. The molecule has 0 bridgehead atoms. The summed E-state index contributed by atoms with van der Waals surface area (Å²) in [5, 5.41) is 9.36. The van der Waals surface area contributed by atoms with E-state index >= 15 is 0 Å². The molecule has 0 aliphatic carbocycles. The van der Waals surface area contributed by atoms with Gasteiger partial charge < -0.3 is 5.11 Å². The third-order valence-corrected chi connectivity index (χ3v) is 3.05. The second kappa shape index (κ2) is 6.01. The predicted molar refractivity (Wildman–Crippen MR) is 84.1 cm³/mol. The predicted octanol–water partition coefficient (Wildman–Crippen LogP) is 3.96. The molecule has 0 amide bonds. The molecule has 0 saturated heterocycles. The molecule has 3 heteroatoms. The van der Waals surface area contributed by atoms with Crippen LogP contribution in [0.25, 0.3) is 0 Å². The van der Waals surface area contributed by atoms with Crippen molar-refractivity contribution in [1.29, 1.82) is 0 Å². The maximum absolute atomic E-state index is 9.36. The quantitative estimate of drug-likeness (QED) is 0.735. The minimum atomic E-state index is 0.230. The highest BCUT2D eigenvalue weighted by molar-refractivity contribution is 6.12. The number of aliphatic imine (C=N–C) groups is 1. The van der Waals surface area contributed by atoms with Crippen LogP contribution in [0.4, 0.5) is 5.69 Å². The summed E-state index contributed by atoms with van der Waals surface area (Å²) in [7, 11) is 0. The molecule has 1 aromatic heterocycles. The number of aromatic nitrogens is 1. The molecule has 1 heterocycles. The summed E-state index contributed by atoms with van der Waals surface area (Å²) in [6.45, 7) is 0. The first kappa shape index (κ1) is 13.1. The number of phenolic OH excluding ortho intramolecular Hbond substituents is 1. The van der Waals surface area contributed by atoms with E-state index in [1.54, 1.807) is 30.5 Å². The Bertz CT molecular complexity index is 694. The number of aromatic hydroxyl groups is 1. The Morgan fingerprint density at radius 2 is 1.52 bits per heavy atom. The average Bonchev–Trinajstić information content (AvgIpc) is 2.56. The monoisotopic (exact) mass is 274 g/mol. The summed E-state index contributed by atoms with van der Waals surface area (Å²) in [6.07, 6.45) is 1.75. The van der Waals surface area contributed by atoms with Crippen LogP contribution in [0, 0.1) is 0 Å². The molecule has 1 N–H and O–H groups in total. The topological polar surface area (TPSA) is 45.5 Å². The third-order valence-electron chi connectivity index (χ3n) is 3.05. The molecule has 0 saturated carbocycles. The number of rotatable bonds is 3. The number of nitrogens with zero attached hydrogens (tertiary/aromatic N) is 2. The van der Waals surface area contributed by atoms with Crippen molar-refractivity contribution < 1.29 is 5.11 Å². The van der Waals surface area contributed by atoms with E-state index in [1.807, 2.05) is 48.5 Å². The van der Waals surface area contributed by atoms with Crippen molar-refractivity contribution >= 4 is 11.4 Å². The van der Waals surface area contributed by atoms with Gasteiger partial charge in [0.2, 0.25) is 0 Å². The maximum Gasteiger partial charge on any atom is 0.115 e. The van der Waals surface area contributed by atoms with Crippen LogP contribution >= 0.6 is 0 Å². The van der Waals surface area contributed by atoms with Crippen LogP contribution in [0.2, 0.25) is 0 Å². The molecule has 102 valence electrons. The highest BCUT2D eigenvalue weighted by Crippen LogP contribution is 2.20. The van der Waals surface area contributed by atoms with E-state index in [0.29, 0.717) is 0 Å². The van der Waals surface area contributed by atoms with Gasteiger partial charge in [-0.05, 0) is 36.4 Å². The fourth-order valence-corrected chi connectivity index (χ4v) is 2.02. The first-order chi connectivity index (χ1) is 10.3. The third kappa shape index (κ3) is 3.15. The van der Waals surface area contributed by atoms with Gasteiger partial charge in [-0.25, -0.2) is 4.99 Å². The molecule has 0 spiro atoms. The summed E-state index contributed by atoms with van der Waals surface area (Å²) in [5.74, 6) is 0.230. The molecule has 0 fully saturated rings. The lowest BCUT2D eigenvalue weighted by atomic mass is 10.1. The second-order valence-corrected chi connectivity index (χ2v) is 4.56. The fourth-order valence-electron chi connectivity index (χ4n) is 2.02. The zero-order valence-electron chi connectivity index (χ0n) is 11.3. The van der Waals surface area contributed by atoms with Gasteiger partial charge in [-0.2, -0.15) is 0 Å². The van der Waals surface area contributed by atoms with Crippen LogP contribution in [-0.2, 0) is 0 Å². The van der Waals surface area contributed by atoms with E-state index in [-0.39, 0.29) is 5.75 Å². The van der Waals surface area contributed by atoms with Crippen LogP contribution in [0.5, 0.6) is 5.75 Å². The van der Waals surface area contributed by atoms with Gasteiger partial charge >= 0.3 is 0 Å². The normalized spacial score (nSPS) is 11.3. The van der Waals surface area contributed by atoms with Crippen molar-refractivity contribution in [2.24, 2.45) is 4.99 Å². The van der Waals surface area contributed by atoms with Gasteiger partial charge in [0.15, 0.2) is 0 Å². The molecular formula is C18H14N2O. The summed E-state index contributed by atoms with van der Waals surface area (Å²) < 4.78 is 0. The number of hydrogen-bond acceptors (Lipinski definition) is 3. The van der Waals surface area contributed by atoms with Crippen molar-refractivity contribution in [3.8, 4) is 5.75 Å². The zero-order chi connectivity index (χ0) is 14.5. The molecule has 0 radical (unpaired) electrons. The van der Waals surface area contributed by atoms with E-state index < -0.39 is 0 Å². The van der Waals surface area contributed by atoms with Crippen LogP contribution in [-0.4, -0.2) is 15.8 Å². The Balaban J connectivity index is 2.10. The van der Waals surface area contributed by atoms with Gasteiger partial charge in [-0.15, -0.1) is 0 Å². The van der Waals surface area contributed by atoms with Crippen molar-refractivity contribution in [2.45, 2.75) is 0 Å². The molecule has 0 atom stereocenters. The number of hydrogen-bond donors (Lipinski definition) is 1. The molecule has 0 aliphatic rings. The molecule has 3 nitrogen and oxygen atoms in total. The van der Waals surface area contributed by atoms with E-state index in [2.05, 4.69) is 9.98 Å². The summed E-state index contributed by atoms with van der Waals surface area (Å²) in [5.41, 5.74) is 3.40. The van der Waals surface area contributed by atoms with Crippen LogP contribution in [0.1, 0.15) is 11.3 Å². The number of pyridine rings is 1. The lowest BCUT2D eigenvalue weighted by Crippen LogP contribution is -2.04. The number of phenols is 1. The average molecular weight is 274 g/mol. The summed E-state index contributed by atoms with van der Waals surface area (Å²) >= 11 is 0. The zero-order valence-corrected chi connectivity index (χ0v) is 11.3. The second-order valence-electron chi connectivity index (χ2n) is 4.56. The summed E-state index contributed by atoms with van der Waals surface area (Å²) in [6, 6.07) is 22.5. The van der Waals surface area contributed by atoms with Crippen molar-refractivity contribution in [3.63, 3.8) is 0 Å². The molecule has 21 heavy (non-hydrogen) atoms. The minimum Gasteiger partial charge on any atom is -0.508 e. The molecule has 3 aromatic rings. The van der Waals surface area contributed by atoms with Crippen molar-refractivity contribution in [1.82, 2.24) is 4.98 Å². The maximum atomic E-state index is 9.36. The van der Waals surface area contributed by atoms with Gasteiger partial charge in [-0.3, -0.25) is 4.98 Å². The highest BCUT2D eigenvalue weighted by Gasteiger charge is 2.07. The minimum absolute atomic E-state index is 0.230. The number of benzene rings is 2. The summed E-state index contributed by atoms with van der Waals surface area (Å²) in [4.78, 5) is 9.07. The lowest BCUT2D eigenvalue weighted by Gasteiger charge is -2.06. The Hall–Kier alpha value is -2.94. The molecule has 3 rings (SSSR count). The molecule has 0 unspecified atom stereocenters. The Morgan fingerprint density at radius 1 is 0.810 bits per heavy atom. The van der Waals surface area contributed by atoms with Crippen LogP contribution < -0.4 is 0 Å². The SMILES string of the molecule is Oc1ccc(N=C(c2ccccc2)c2ccccn2)cc1. The molecular weight excluding hydrogens is 260 g/mol. The Kier molecular flexibility index (Phi) is 3.74. The van der Waals surface area contributed by atoms with Gasteiger partial charge in [0.25, 0.3) is 0 Å². The fraction of sp³-hybridized carbons (Fsp3) is 0. The highest BCUT2D eigenvalue weighted by atomic mass is 16.3. The van der Waals surface area contributed by atoms with Crippen molar-refractivity contribution in [3.05, 3.63) is 90.3 Å². The van der Waals surface area contributed by atoms with E-state index in [0.717, 1.165) is 22.7 Å². The first-order valence-electron chi connectivity index (χ1n) is 6.67. The molecule has 2 aromatic carbocycles. The Morgan fingerprint density at radius 3 is 2.19 bits per heavy atom. The van der Waals surface area contributed by atoms with Gasteiger partial charge in [0.1, 0.15) is 5.75 Å².